The quantitative estimate of drug-likeness (QED) is 0.494. The Balaban J connectivity index is 1.46. The smallest absolute Gasteiger partial charge is 0.410 e. The van der Waals surface area contributed by atoms with Gasteiger partial charge in [0.05, 0.1) is 30.3 Å². The molecule has 2 aromatic heterocycles. The standard InChI is InChI=1S/C26H32ClFN4O3/c1-26(2,3)35-25(33)32-15-9-10-16(32)12-31(11-15)23-19-18(20(28)22(27)30-24(19)34-4)17(13-5-6-13)21(29-23)14-7-8-14/h13-16H,5-12H2,1-4H3. The van der Waals surface area contributed by atoms with E-state index in [1.807, 2.05) is 25.7 Å². The predicted molar refractivity (Wildman–Crippen MR) is 132 cm³/mol. The summed E-state index contributed by atoms with van der Waals surface area (Å²) < 4.78 is 27.0. The summed E-state index contributed by atoms with van der Waals surface area (Å²) in [5.41, 5.74) is 1.47. The van der Waals surface area contributed by atoms with E-state index in [0.717, 1.165) is 49.8 Å². The summed E-state index contributed by atoms with van der Waals surface area (Å²) in [6.07, 6.45) is 5.78. The van der Waals surface area contributed by atoms with Crippen molar-refractivity contribution in [2.75, 3.05) is 25.1 Å². The van der Waals surface area contributed by atoms with Crippen LogP contribution in [0, 0.1) is 5.82 Å². The topological polar surface area (TPSA) is 67.8 Å². The predicted octanol–water partition coefficient (Wildman–Crippen LogP) is 5.77. The zero-order valence-corrected chi connectivity index (χ0v) is 21.5. The van der Waals surface area contributed by atoms with Crippen LogP contribution in [0.15, 0.2) is 0 Å². The maximum Gasteiger partial charge on any atom is 0.410 e. The number of halogens is 2. The number of piperazine rings is 1. The van der Waals surface area contributed by atoms with Gasteiger partial charge in [0, 0.05) is 24.4 Å². The minimum atomic E-state index is -0.543. The van der Waals surface area contributed by atoms with Crippen LogP contribution in [0.4, 0.5) is 15.0 Å². The summed E-state index contributed by atoms with van der Waals surface area (Å²) in [6.45, 7) is 6.88. The molecule has 0 aromatic carbocycles. The number of methoxy groups -OCH3 is 1. The summed E-state index contributed by atoms with van der Waals surface area (Å²) in [5, 5.41) is 0.967. The van der Waals surface area contributed by atoms with Gasteiger partial charge in [-0.1, -0.05) is 11.6 Å². The van der Waals surface area contributed by atoms with Crippen LogP contribution in [-0.4, -0.2) is 58.8 Å². The van der Waals surface area contributed by atoms with Crippen molar-refractivity contribution in [1.82, 2.24) is 14.9 Å². The second-order valence-corrected chi connectivity index (χ2v) is 11.8. The van der Waals surface area contributed by atoms with Crippen LogP contribution >= 0.6 is 11.6 Å². The van der Waals surface area contributed by atoms with Crippen LogP contribution in [0.2, 0.25) is 5.15 Å². The molecule has 0 radical (unpaired) electrons. The Morgan fingerprint density at radius 3 is 2.17 bits per heavy atom. The fraction of sp³-hybridized carbons (Fsp3) is 0.654. The van der Waals surface area contributed by atoms with Gasteiger partial charge in [-0.3, -0.25) is 4.90 Å². The maximum atomic E-state index is 15.7. The molecule has 2 bridgehead atoms. The zero-order chi connectivity index (χ0) is 24.6. The van der Waals surface area contributed by atoms with Gasteiger partial charge in [0.25, 0.3) is 0 Å². The Labute approximate surface area is 209 Å². The number of hydrogen-bond donors (Lipinski definition) is 0. The molecule has 2 aliphatic carbocycles. The van der Waals surface area contributed by atoms with Gasteiger partial charge in [0.15, 0.2) is 11.0 Å². The number of anilines is 1. The normalized spacial score (nSPS) is 24.3. The minimum absolute atomic E-state index is 0.0176. The number of carbonyl (C=O) groups excluding carboxylic acids is 1. The fourth-order valence-corrected chi connectivity index (χ4v) is 6.02. The summed E-state index contributed by atoms with van der Waals surface area (Å²) in [6, 6.07) is 0.0352. The first-order chi connectivity index (χ1) is 16.7. The molecule has 2 atom stereocenters. The number of ether oxygens (including phenoxy) is 2. The largest absolute Gasteiger partial charge is 0.480 e. The molecule has 35 heavy (non-hydrogen) atoms. The first kappa shape index (κ1) is 23.1. The Morgan fingerprint density at radius 1 is 1.00 bits per heavy atom. The molecule has 7 nitrogen and oxygen atoms in total. The molecule has 2 aromatic rings. The highest BCUT2D eigenvalue weighted by molar-refractivity contribution is 6.30. The second-order valence-electron chi connectivity index (χ2n) is 11.4. The molecule has 2 saturated heterocycles. The molecule has 4 heterocycles. The van der Waals surface area contributed by atoms with Crippen LogP contribution in [0.3, 0.4) is 0 Å². The number of fused-ring (bicyclic) bond motifs is 3. The Morgan fingerprint density at radius 2 is 1.63 bits per heavy atom. The molecule has 6 rings (SSSR count). The molecule has 4 fully saturated rings. The van der Waals surface area contributed by atoms with E-state index in [2.05, 4.69) is 9.88 Å². The highest BCUT2D eigenvalue weighted by atomic mass is 35.5. The van der Waals surface area contributed by atoms with E-state index in [9.17, 15) is 4.79 Å². The summed E-state index contributed by atoms with van der Waals surface area (Å²) in [7, 11) is 1.54. The van der Waals surface area contributed by atoms with Crippen molar-refractivity contribution in [3.05, 3.63) is 22.2 Å². The van der Waals surface area contributed by atoms with Crippen LogP contribution in [0.5, 0.6) is 5.88 Å². The number of aromatic nitrogens is 2. The van der Waals surface area contributed by atoms with E-state index in [1.165, 1.54) is 7.11 Å². The first-order valence-corrected chi connectivity index (χ1v) is 13.1. The molecule has 0 N–H and O–H groups in total. The van der Waals surface area contributed by atoms with Crippen LogP contribution < -0.4 is 9.64 Å². The molecule has 0 spiro atoms. The minimum Gasteiger partial charge on any atom is -0.480 e. The van der Waals surface area contributed by atoms with E-state index in [4.69, 9.17) is 26.1 Å². The average Bonchev–Trinajstić information content (AvgIpc) is 3.70. The van der Waals surface area contributed by atoms with Crippen molar-refractivity contribution in [3.8, 4) is 5.88 Å². The highest BCUT2D eigenvalue weighted by Gasteiger charge is 2.46. The van der Waals surface area contributed by atoms with Crippen LogP contribution in [-0.2, 0) is 4.74 Å². The van der Waals surface area contributed by atoms with E-state index in [0.29, 0.717) is 47.4 Å². The maximum absolute atomic E-state index is 15.7. The molecular weight excluding hydrogens is 471 g/mol. The average molecular weight is 503 g/mol. The third kappa shape index (κ3) is 3.98. The molecule has 2 saturated carbocycles. The fourth-order valence-electron chi connectivity index (χ4n) is 5.85. The molecule has 188 valence electrons. The monoisotopic (exact) mass is 502 g/mol. The third-order valence-corrected chi connectivity index (χ3v) is 7.84. The number of amides is 1. The summed E-state index contributed by atoms with van der Waals surface area (Å²) in [4.78, 5) is 26.5. The first-order valence-electron chi connectivity index (χ1n) is 12.7. The lowest BCUT2D eigenvalue weighted by Gasteiger charge is -2.42. The number of pyridine rings is 2. The van der Waals surface area contributed by atoms with Gasteiger partial charge < -0.3 is 14.4 Å². The van der Waals surface area contributed by atoms with Gasteiger partial charge in [-0.15, -0.1) is 0 Å². The number of rotatable bonds is 4. The van der Waals surface area contributed by atoms with E-state index in [-0.39, 0.29) is 23.3 Å². The van der Waals surface area contributed by atoms with Crippen molar-refractivity contribution >= 4 is 34.3 Å². The van der Waals surface area contributed by atoms with Crippen molar-refractivity contribution < 1.29 is 18.7 Å². The van der Waals surface area contributed by atoms with Gasteiger partial charge in [-0.25, -0.2) is 14.2 Å². The van der Waals surface area contributed by atoms with Gasteiger partial charge in [0.1, 0.15) is 11.4 Å². The lowest BCUT2D eigenvalue weighted by molar-refractivity contribution is 0.0123. The summed E-state index contributed by atoms with van der Waals surface area (Å²) in [5.74, 6) is 1.20. The molecule has 4 aliphatic rings. The van der Waals surface area contributed by atoms with Gasteiger partial charge in [-0.2, -0.15) is 4.98 Å². The molecule has 9 heteroatoms. The van der Waals surface area contributed by atoms with Gasteiger partial charge >= 0.3 is 6.09 Å². The van der Waals surface area contributed by atoms with Crippen molar-refractivity contribution in [2.45, 2.75) is 88.8 Å². The SMILES string of the molecule is COc1nc(Cl)c(F)c2c(C3CC3)c(C3CC3)nc(N3CC4CCC(C3)N4C(=O)OC(C)(C)C)c12. The van der Waals surface area contributed by atoms with Crippen LogP contribution in [0.1, 0.15) is 82.4 Å². The van der Waals surface area contributed by atoms with E-state index >= 15 is 4.39 Å². The van der Waals surface area contributed by atoms with Crippen molar-refractivity contribution in [1.29, 1.82) is 0 Å². The van der Waals surface area contributed by atoms with E-state index in [1.54, 1.807) is 0 Å². The number of hydrogen-bond acceptors (Lipinski definition) is 6. The number of carbonyl (C=O) groups is 1. The molecular formula is C26H32ClFN4O3. The Bertz CT molecular complexity index is 1190. The van der Waals surface area contributed by atoms with Crippen molar-refractivity contribution in [3.63, 3.8) is 0 Å². The highest BCUT2D eigenvalue weighted by Crippen LogP contribution is 2.54. The van der Waals surface area contributed by atoms with Crippen LogP contribution in [0.25, 0.3) is 10.8 Å². The summed E-state index contributed by atoms with van der Waals surface area (Å²) >= 11 is 6.26. The number of nitrogens with zero attached hydrogens (tertiary/aromatic N) is 4. The van der Waals surface area contributed by atoms with Crippen molar-refractivity contribution in [2.24, 2.45) is 0 Å². The van der Waals surface area contributed by atoms with Gasteiger partial charge in [-0.05, 0) is 70.8 Å². The second kappa shape index (κ2) is 8.08. The zero-order valence-electron chi connectivity index (χ0n) is 20.7. The van der Waals surface area contributed by atoms with Gasteiger partial charge in [0.2, 0.25) is 5.88 Å². The molecule has 1 amide bonds. The third-order valence-electron chi connectivity index (χ3n) is 7.59. The Kier molecular flexibility index (Phi) is 5.33. The molecule has 2 aliphatic heterocycles. The van der Waals surface area contributed by atoms with E-state index < -0.39 is 11.4 Å². The lowest BCUT2D eigenvalue weighted by Crippen LogP contribution is -2.57. The molecule has 2 unspecified atom stereocenters. The lowest BCUT2D eigenvalue weighted by atomic mass is 9.97. The Hall–Kier alpha value is -2.35.